The minimum absolute atomic E-state index is 0.321. The quantitative estimate of drug-likeness (QED) is 0.298. The summed E-state index contributed by atoms with van der Waals surface area (Å²) in [5, 5.41) is 11.6. The van der Waals surface area contributed by atoms with E-state index in [0.29, 0.717) is 23.6 Å². The Morgan fingerprint density at radius 2 is 2.42 bits per heavy atom. The van der Waals surface area contributed by atoms with E-state index in [-0.39, 0.29) is 0 Å². The molecule has 2 rings (SSSR count). The van der Waals surface area contributed by atoms with E-state index in [4.69, 9.17) is 9.94 Å². The number of hydrogen-bond acceptors (Lipinski definition) is 5. The number of pyridine rings is 1. The summed E-state index contributed by atoms with van der Waals surface area (Å²) in [7, 11) is 0. The molecule has 19 heavy (non-hydrogen) atoms. The Bertz CT molecular complexity index is 644. The molecular formula is C13H13N3O3. The molecule has 0 unspecified atom stereocenters. The molecule has 98 valence electrons. The number of imidazole rings is 1. The van der Waals surface area contributed by atoms with Gasteiger partial charge in [0.15, 0.2) is 0 Å². The number of fused-ring (bicyclic) bond motifs is 1. The van der Waals surface area contributed by atoms with E-state index in [1.54, 1.807) is 17.4 Å². The molecule has 2 aromatic heterocycles. The zero-order valence-electron chi connectivity index (χ0n) is 10.4. The summed E-state index contributed by atoms with van der Waals surface area (Å²) in [4.78, 5) is 15.6. The summed E-state index contributed by atoms with van der Waals surface area (Å²) in [5.41, 5.74) is 1.80. The van der Waals surface area contributed by atoms with Crippen LogP contribution in [0.2, 0.25) is 0 Å². The molecule has 0 amide bonds. The van der Waals surface area contributed by atoms with Crippen LogP contribution >= 0.6 is 0 Å². The predicted molar refractivity (Wildman–Crippen MR) is 70.2 cm³/mol. The average Bonchev–Trinajstić information content (AvgIpc) is 2.75. The Balaban J connectivity index is 2.44. The molecule has 0 bridgehead atoms. The first-order valence-corrected chi connectivity index (χ1v) is 5.75. The second-order valence-corrected chi connectivity index (χ2v) is 3.64. The van der Waals surface area contributed by atoms with Crippen LogP contribution in [0.3, 0.4) is 0 Å². The Morgan fingerprint density at radius 3 is 3.16 bits per heavy atom. The first kappa shape index (κ1) is 12.8. The van der Waals surface area contributed by atoms with Gasteiger partial charge in [-0.3, -0.25) is 4.40 Å². The monoisotopic (exact) mass is 259 g/mol. The van der Waals surface area contributed by atoms with E-state index in [9.17, 15) is 4.79 Å². The molecule has 0 atom stereocenters. The van der Waals surface area contributed by atoms with Crippen LogP contribution in [0.5, 0.6) is 0 Å². The summed E-state index contributed by atoms with van der Waals surface area (Å²) >= 11 is 0. The van der Waals surface area contributed by atoms with Crippen LogP contribution in [-0.2, 0) is 9.53 Å². The fourth-order valence-corrected chi connectivity index (χ4v) is 1.69. The highest BCUT2D eigenvalue weighted by atomic mass is 16.5. The average molecular weight is 259 g/mol. The minimum Gasteiger partial charge on any atom is -0.463 e. The van der Waals surface area contributed by atoms with Gasteiger partial charge in [-0.2, -0.15) is 0 Å². The van der Waals surface area contributed by atoms with Crippen molar-refractivity contribution < 1.29 is 14.7 Å². The van der Waals surface area contributed by atoms with E-state index in [1.165, 1.54) is 12.3 Å². The van der Waals surface area contributed by atoms with Gasteiger partial charge >= 0.3 is 5.97 Å². The highest BCUT2D eigenvalue weighted by Gasteiger charge is 2.08. The number of rotatable bonds is 4. The molecule has 1 N–H and O–H groups in total. The van der Waals surface area contributed by atoms with Gasteiger partial charge in [0.2, 0.25) is 0 Å². The third-order valence-corrected chi connectivity index (χ3v) is 2.44. The van der Waals surface area contributed by atoms with Crippen molar-refractivity contribution in [1.82, 2.24) is 9.38 Å². The molecule has 6 heteroatoms. The lowest BCUT2D eigenvalue weighted by atomic mass is 10.3. The summed E-state index contributed by atoms with van der Waals surface area (Å²) in [5.74, 6) is -0.430. The summed E-state index contributed by atoms with van der Waals surface area (Å²) in [6, 6.07) is 5.51. The van der Waals surface area contributed by atoms with Gasteiger partial charge in [0.05, 0.1) is 18.5 Å². The third-order valence-electron chi connectivity index (χ3n) is 2.44. The Labute approximate surface area is 109 Å². The Kier molecular flexibility index (Phi) is 3.92. The molecule has 0 radical (unpaired) electrons. The maximum atomic E-state index is 11.3. The molecule has 0 saturated heterocycles. The number of aromatic nitrogens is 2. The van der Waals surface area contributed by atoms with Gasteiger partial charge in [0.25, 0.3) is 0 Å². The highest BCUT2D eigenvalue weighted by molar-refractivity contribution is 5.90. The SMILES string of the molecule is CCOC(=O)/C=C/c1c(/C=N/O)nc2ccccn12. The first-order valence-electron chi connectivity index (χ1n) is 5.75. The van der Waals surface area contributed by atoms with Crippen molar-refractivity contribution in [2.24, 2.45) is 5.16 Å². The normalized spacial score (nSPS) is 11.6. The molecular weight excluding hydrogens is 246 g/mol. The number of carbonyl (C=O) groups is 1. The van der Waals surface area contributed by atoms with Crippen molar-refractivity contribution in [2.45, 2.75) is 6.92 Å². The second kappa shape index (κ2) is 5.81. The zero-order chi connectivity index (χ0) is 13.7. The van der Waals surface area contributed by atoms with Crippen molar-refractivity contribution in [2.75, 3.05) is 6.61 Å². The van der Waals surface area contributed by atoms with Crippen LogP contribution in [0.25, 0.3) is 11.7 Å². The van der Waals surface area contributed by atoms with Gasteiger partial charge in [-0.1, -0.05) is 11.2 Å². The maximum Gasteiger partial charge on any atom is 0.330 e. The number of nitrogens with zero attached hydrogens (tertiary/aromatic N) is 3. The smallest absolute Gasteiger partial charge is 0.330 e. The Morgan fingerprint density at radius 1 is 1.58 bits per heavy atom. The van der Waals surface area contributed by atoms with E-state index >= 15 is 0 Å². The van der Waals surface area contributed by atoms with Gasteiger partial charge in [0.1, 0.15) is 11.3 Å². The molecule has 0 fully saturated rings. The predicted octanol–water partition coefficient (Wildman–Crippen LogP) is 1.72. The van der Waals surface area contributed by atoms with Crippen LogP contribution in [0.4, 0.5) is 0 Å². The molecule has 6 nitrogen and oxygen atoms in total. The molecule has 2 heterocycles. The second-order valence-electron chi connectivity index (χ2n) is 3.64. The van der Waals surface area contributed by atoms with E-state index in [0.717, 1.165) is 0 Å². The number of hydrogen-bond donors (Lipinski definition) is 1. The summed E-state index contributed by atoms with van der Waals surface area (Å²) in [6.45, 7) is 2.06. The molecule has 2 aromatic rings. The lowest BCUT2D eigenvalue weighted by molar-refractivity contribution is -0.137. The van der Waals surface area contributed by atoms with Gasteiger partial charge in [0, 0.05) is 12.3 Å². The van der Waals surface area contributed by atoms with Gasteiger partial charge < -0.3 is 9.94 Å². The van der Waals surface area contributed by atoms with Crippen LogP contribution in [0, 0.1) is 0 Å². The zero-order valence-corrected chi connectivity index (χ0v) is 10.4. The van der Waals surface area contributed by atoms with Crippen LogP contribution in [-0.4, -0.2) is 33.4 Å². The number of ether oxygens (including phenoxy) is 1. The van der Waals surface area contributed by atoms with E-state index in [2.05, 4.69) is 10.1 Å². The van der Waals surface area contributed by atoms with Crippen molar-refractivity contribution in [1.29, 1.82) is 0 Å². The van der Waals surface area contributed by atoms with Crippen molar-refractivity contribution in [3.8, 4) is 0 Å². The molecule has 0 aliphatic rings. The lowest BCUT2D eigenvalue weighted by Gasteiger charge is -1.97. The highest BCUT2D eigenvalue weighted by Crippen LogP contribution is 2.13. The minimum atomic E-state index is -0.430. The topological polar surface area (TPSA) is 76.2 Å². The maximum absolute atomic E-state index is 11.3. The molecule has 0 aliphatic heterocycles. The fraction of sp³-hybridized carbons (Fsp3) is 0.154. The van der Waals surface area contributed by atoms with E-state index in [1.807, 2.05) is 24.4 Å². The van der Waals surface area contributed by atoms with Gasteiger partial charge in [-0.15, -0.1) is 0 Å². The summed E-state index contributed by atoms with van der Waals surface area (Å²) < 4.78 is 6.60. The molecule has 0 aliphatic carbocycles. The Hall–Kier alpha value is -2.63. The van der Waals surface area contributed by atoms with Gasteiger partial charge in [-0.25, -0.2) is 9.78 Å². The van der Waals surface area contributed by atoms with Crippen molar-refractivity contribution in [3.05, 3.63) is 41.9 Å². The fourth-order valence-electron chi connectivity index (χ4n) is 1.69. The van der Waals surface area contributed by atoms with Crippen molar-refractivity contribution >= 4 is 23.9 Å². The van der Waals surface area contributed by atoms with Crippen LogP contribution in [0.15, 0.2) is 35.6 Å². The number of carbonyl (C=O) groups excluding carboxylic acids is 1. The largest absolute Gasteiger partial charge is 0.463 e. The van der Waals surface area contributed by atoms with Crippen LogP contribution < -0.4 is 0 Å². The molecule has 0 saturated carbocycles. The number of oxime groups is 1. The molecule has 0 spiro atoms. The van der Waals surface area contributed by atoms with E-state index < -0.39 is 5.97 Å². The van der Waals surface area contributed by atoms with Gasteiger partial charge in [-0.05, 0) is 25.1 Å². The first-order chi connectivity index (χ1) is 9.26. The van der Waals surface area contributed by atoms with Crippen LogP contribution in [0.1, 0.15) is 18.3 Å². The third kappa shape index (κ3) is 2.79. The summed E-state index contributed by atoms with van der Waals surface area (Å²) in [6.07, 6.45) is 5.92. The van der Waals surface area contributed by atoms with Crippen molar-refractivity contribution in [3.63, 3.8) is 0 Å². The standard InChI is InChI=1S/C13H13N3O3/c1-2-19-13(17)7-6-11-10(9-14-18)15-12-5-3-4-8-16(11)12/h3-9,18H,2H2,1H3/b7-6+,14-9+. The lowest BCUT2D eigenvalue weighted by Crippen LogP contribution is -1.99. The molecule has 0 aromatic carbocycles. The number of esters is 1.